The fourth-order valence-corrected chi connectivity index (χ4v) is 3.64. The van der Waals surface area contributed by atoms with E-state index in [9.17, 15) is 0 Å². The molecule has 0 aliphatic heterocycles. The van der Waals surface area contributed by atoms with E-state index in [-0.39, 0.29) is 0 Å². The van der Waals surface area contributed by atoms with Crippen molar-refractivity contribution in [2.75, 3.05) is 12.3 Å². The lowest BCUT2D eigenvalue weighted by Gasteiger charge is -2.06. The second kappa shape index (κ2) is 5.46. The van der Waals surface area contributed by atoms with E-state index in [4.69, 9.17) is 10.5 Å². The average molecular weight is 352 g/mol. The van der Waals surface area contributed by atoms with E-state index in [1.165, 1.54) is 4.88 Å². The van der Waals surface area contributed by atoms with Crippen LogP contribution in [0.25, 0.3) is 11.0 Å². The molecule has 3 aromatic rings. The third-order valence-corrected chi connectivity index (χ3v) is 4.62. The van der Waals surface area contributed by atoms with Crippen molar-refractivity contribution in [3.8, 4) is 5.75 Å². The summed E-state index contributed by atoms with van der Waals surface area (Å²) in [4.78, 5) is 5.67. The Kier molecular flexibility index (Phi) is 3.67. The number of nitrogens with two attached hydrogens (primary N) is 1. The third kappa shape index (κ3) is 2.41. The van der Waals surface area contributed by atoms with Gasteiger partial charge in [-0.2, -0.15) is 0 Å². The lowest BCUT2D eigenvalue weighted by molar-refractivity contribution is 0.343. The second-order valence-corrected chi connectivity index (χ2v) is 6.87. The van der Waals surface area contributed by atoms with E-state index < -0.39 is 0 Å². The van der Waals surface area contributed by atoms with E-state index in [0.717, 1.165) is 20.6 Å². The number of aromatic nitrogens is 2. The number of thiophene rings is 1. The van der Waals surface area contributed by atoms with E-state index in [0.29, 0.717) is 19.1 Å². The van der Waals surface area contributed by atoms with E-state index in [1.807, 2.05) is 35.8 Å². The summed E-state index contributed by atoms with van der Waals surface area (Å²) in [6.07, 6.45) is 0. The van der Waals surface area contributed by atoms with Crippen LogP contribution in [0.15, 0.2) is 34.1 Å². The minimum absolute atomic E-state index is 0.511. The van der Waals surface area contributed by atoms with Crippen LogP contribution >= 0.6 is 27.3 Å². The van der Waals surface area contributed by atoms with Crippen molar-refractivity contribution in [3.63, 3.8) is 0 Å². The first-order valence-electron chi connectivity index (χ1n) is 6.30. The van der Waals surface area contributed by atoms with Gasteiger partial charge in [-0.25, -0.2) is 4.98 Å². The van der Waals surface area contributed by atoms with Gasteiger partial charge in [-0.1, -0.05) is 6.07 Å². The Bertz CT molecular complexity index is 750. The number of nitrogen functional groups attached to an aromatic ring is 1. The van der Waals surface area contributed by atoms with Gasteiger partial charge < -0.3 is 15.0 Å². The molecule has 0 amide bonds. The summed E-state index contributed by atoms with van der Waals surface area (Å²) >= 11 is 5.18. The molecule has 0 unspecified atom stereocenters. The SMILES string of the molecule is CCOc1cccc2c1nc(N)n2Cc1ccc(Br)s1. The van der Waals surface area contributed by atoms with Crippen molar-refractivity contribution < 1.29 is 4.74 Å². The number of ether oxygens (including phenoxy) is 1. The molecule has 2 aromatic heterocycles. The first-order chi connectivity index (χ1) is 9.69. The van der Waals surface area contributed by atoms with Crippen LogP contribution in [-0.2, 0) is 6.54 Å². The first kappa shape index (κ1) is 13.5. The number of halogens is 1. The van der Waals surface area contributed by atoms with Crippen molar-refractivity contribution in [2.24, 2.45) is 0 Å². The summed E-state index contributed by atoms with van der Waals surface area (Å²) in [5.41, 5.74) is 7.88. The van der Waals surface area contributed by atoms with E-state index >= 15 is 0 Å². The van der Waals surface area contributed by atoms with Gasteiger partial charge in [0.1, 0.15) is 11.3 Å². The van der Waals surface area contributed by atoms with Crippen LogP contribution in [0.2, 0.25) is 0 Å². The molecule has 0 aliphatic rings. The van der Waals surface area contributed by atoms with E-state index in [1.54, 1.807) is 11.3 Å². The number of para-hydroxylation sites is 1. The minimum Gasteiger partial charge on any atom is -0.492 e. The molecular formula is C14H14BrN3OS. The fourth-order valence-electron chi connectivity index (χ4n) is 2.17. The summed E-state index contributed by atoms with van der Waals surface area (Å²) in [5, 5.41) is 0. The Balaban J connectivity index is 2.06. The molecule has 0 spiro atoms. The van der Waals surface area contributed by atoms with Crippen molar-refractivity contribution in [1.82, 2.24) is 9.55 Å². The maximum Gasteiger partial charge on any atom is 0.201 e. The van der Waals surface area contributed by atoms with Crippen molar-refractivity contribution in [3.05, 3.63) is 39.0 Å². The number of benzene rings is 1. The standard InChI is InChI=1S/C14H14BrN3OS/c1-2-19-11-5-3-4-10-13(11)17-14(16)18(10)8-9-6-7-12(15)20-9/h3-7H,2,8H2,1H3,(H2,16,17). The number of anilines is 1. The van der Waals surface area contributed by atoms with Crippen LogP contribution in [0.5, 0.6) is 5.75 Å². The Morgan fingerprint density at radius 1 is 1.35 bits per heavy atom. The van der Waals surface area contributed by atoms with Crippen LogP contribution in [0.1, 0.15) is 11.8 Å². The first-order valence-corrected chi connectivity index (χ1v) is 7.91. The van der Waals surface area contributed by atoms with Crippen LogP contribution < -0.4 is 10.5 Å². The normalized spacial score (nSPS) is 11.1. The molecule has 0 aliphatic carbocycles. The molecule has 2 N–H and O–H groups in total. The summed E-state index contributed by atoms with van der Waals surface area (Å²) in [6.45, 7) is 3.29. The number of hydrogen-bond acceptors (Lipinski definition) is 4. The maximum atomic E-state index is 6.06. The van der Waals surface area contributed by atoms with Gasteiger partial charge in [0, 0.05) is 4.88 Å². The Hall–Kier alpha value is -1.53. The molecule has 0 atom stereocenters. The number of imidazole rings is 1. The summed E-state index contributed by atoms with van der Waals surface area (Å²) in [7, 11) is 0. The topological polar surface area (TPSA) is 53.1 Å². The highest BCUT2D eigenvalue weighted by atomic mass is 79.9. The minimum atomic E-state index is 0.511. The molecule has 0 saturated heterocycles. The maximum absolute atomic E-state index is 6.06. The number of rotatable bonds is 4. The zero-order chi connectivity index (χ0) is 14.1. The van der Waals surface area contributed by atoms with Gasteiger partial charge in [0.25, 0.3) is 0 Å². The highest BCUT2D eigenvalue weighted by Crippen LogP contribution is 2.29. The zero-order valence-electron chi connectivity index (χ0n) is 11.0. The molecule has 6 heteroatoms. The van der Waals surface area contributed by atoms with Crippen LogP contribution in [0.3, 0.4) is 0 Å². The molecule has 20 heavy (non-hydrogen) atoms. The fraction of sp³-hybridized carbons (Fsp3) is 0.214. The molecule has 0 radical (unpaired) electrons. The summed E-state index contributed by atoms with van der Waals surface area (Å²) < 4.78 is 8.73. The van der Waals surface area contributed by atoms with E-state index in [2.05, 4.69) is 27.0 Å². The second-order valence-electron chi connectivity index (χ2n) is 4.32. The van der Waals surface area contributed by atoms with Gasteiger partial charge in [-0.3, -0.25) is 0 Å². The largest absolute Gasteiger partial charge is 0.492 e. The summed E-state index contributed by atoms with van der Waals surface area (Å²) in [6, 6.07) is 10.0. The lowest BCUT2D eigenvalue weighted by atomic mass is 10.3. The highest BCUT2D eigenvalue weighted by Gasteiger charge is 2.13. The van der Waals surface area contributed by atoms with Crippen molar-refractivity contribution in [2.45, 2.75) is 13.5 Å². The lowest BCUT2D eigenvalue weighted by Crippen LogP contribution is -2.03. The summed E-state index contributed by atoms with van der Waals surface area (Å²) in [5.74, 6) is 1.29. The Morgan fingerprint density at radius 2 is 2.20 bits per heavy atom. The predicted octanol–water partition coefficient (Wildman–Crippen LogP) is 3.89. The van der Waals surface area contributed by atoms with Crippen LogP contribution in [0.4, 0.5) is 5.95 Å². The molecule has 2 heterocycles. The quantitative estimate of drug-likeness (QED) is 0.775. The molecule has 4 nitrogen and oxygen atoms in total. The Morgan fingerprint density at radius 3 is 2.90 bits per heavy atom. The van der Waals surface area contributed by atoms with Crippen LogP contribution in [0, 0.1) is 0 Å². The molecule has 0 saturated carbocycles. The molecule has 0 bridgehead atoms. The van der Waals surface area contributed by atoms with Gasteiger partial charge in [0.05, 0.1) is 22.5 Å². The third-order valence-electron chi connectivity index (χ3n) is 3.01. The van der Waals surface area contributed by atoms with Gasteiger partial charge in [-0.05, 0) is 47.1 Å². The monoisotopic (exact) mass is 351 g/mol. The highest BCUT2D eigenvalue weighted by molar-refractivity contribution is 9.11. The van der Waals surface area contributed by atoms with Gasteiger partial charge in [0.2, 0.25) is 5.95 Å². The molecule has 1 aromatic carbocycles. The Labute approximate surface area is 129 Å². The number of nitrogens with zero attached hydrogens (tertiary/aromatic N) is 2. The van der Waals surface area contributed by atoms with Crippen LogP contribution in [-0.4, -0.2) is 16.2 Å². The van der Waals surface area contributed by atoms with Crippen molar-refractivity contribution in [1.29, 1.82) is 0 Å². The van der Waals surface area contributed by atoms with Crippen molar-refractivity contribution >= 4 is 44.2 Å². The van der Waals surface area contributed by atoms with Gasteiger partial charge >= 0.3 is 0 Å². The zero-order valence-corrected chi connectivity index (χ0v) is 13.4. The number of hydrogen-bond donors (Lipinski definition) is 1. The predicted molar refractivity (Wildman–Crippen MR) is 86.4 cm³/mol. The molecule has 0 fully saturated rings. The number of fused-ring (bicyclic) bond motifs is 1. The van der Waals surface area contributed by atoms with Gasteiger partial charge in [-0.15, -0.1) is 11.3 Å². The van der Waals surface area contributed by atoms with Gasteiger partial charge in [0.15, 0.2) is 0 Å². The molecule has 3 rings (SSSR count). The molecule has 104 valence electrons. The molecular weight excluding hydrogens is 338 g/mol. The average Bonchev–Trinajstić information content (AvgIpc) is 2.97. The smallest absolute Gasteiger partial charge is 0.201 e.